The third-order valence-electron chi connectivity index (χ3n) is 4.84. The summed E-state index contributed by atoms with van der Waals surface area (Å²) in [5, 5.41) is 0.709. The Balaban J connectivity index is 1.77. The Morgan fingerprint density at radius 1 is 1.04 bits per heavy atom. The van der Waals surface area contributed by atoms with Crippen molar-refractivity contribution in [3.8, 4) is 0 Å². The Bertz CT molecular complexity index is 801. The highest BCUT2D eigenvalue weighted by molar-refractivity contribution is 7.88. The van der Waals surface area contributed by atoms with Crippen LogP contribution in [-0.2, 0) is 15.8 Å². The van der Waals surface area contributed by atoms with Crippen molar-refractivity contribution in [2.45, 2.75) is 37.9 Å². The summed E-state index contributed by atoms with van der Waals surface area (Å²) in [4.78, 5) is 0. The smallest absolute Gasteiger partial charge is 0.212 e. The van der Waals surface area contributed by atoms with Crippen LogP contribution in [0.5, 0.6) is 0 Å². The van der Waals surface area contributed by atoms with Gasteiger partial charge in [0.25, 0.3) is 0 Å². The maximum Gasteiger partial charge on any atom is 0.218 e. The van der Waals surface area contributed by atoms with Crippen LogP contribution in [0.3, 0.4) is 0 Å². The van der Waals surface area contributed by atoms with Gasteiger partial charge in [-0.3, -0.25) is 0 Å². The molecule has 0 amide bonds. The van der Waals surface area contributed by atoms with E-state index in [1.54, 1.807) is 4.31 Å². The third-order valence-corrected chi connectivity index (χ3v) is 6.91. The lowest BCUT2D eigenvalue weighted by molar-refractivity contribution is 0.405. The minimum Gasteiger partial charge on any atom is -0.212 e. The highest BCUT2D eigenvalue weighted by Gasteiger charge is 2.28. The Hall–Kier alpha value is -1.36. The van der Waals surface area contributed by atoms with Crippen molar-refractivity contribution in [3.63, 3.8) is 0 Å². The van der Waals surface area contributed by atoms with Crippen LogP contribution >= 0.6 is 11.6 Å². The molecular weight excluding hydrogens is 354 g/mol. The normalized spacial score (nSPS) is 19.5. The van der Waals surface area contributed by atoms with E-state index in [1.807, 2.05) is 55.5 Å². The van der Waals surface area contributed by atoms with Gasteiger partial charge in [0.1, 0.15) is 0 Å². The van der Waals surface area contributed by atoms with Gasteiger partial charge in [0, 0.05) is 18.1 Å². The molecule has 0 radical (unpaired) electrons. The first kappa shape index (κ1) is 18.4. The molecular formula is C20H24ClNO2S. The van der Waals surface area contributed by atoms with Crippen molar-refractivity contribution >= 4 is 21.6 Å². The van der Waals surface area contributed by atoms with Gasteiger partial charge in [-0.15, -0.1) is 0 Å². The summed E-state index contributed by atoms with van der Waals surface area (Å²) in [5.74, 6) is 0.299. The highest BCUT2D eigenvalue weighted by atomic mass is 35.5. The molecule has 1 unspecified atom stereocenters. The summed E-state index contributed by atoms with van der Waals surface area (Å²) in [5.41, 5.74) is 3.15. The van der Waals surface area contributed by atoms with Crippen molar-refractivity contribution in [1.82, 2.24) is 4.31 Å². The van der Waals surface area contributed by atoms with E-state index in [9.17, 15) is 8.42 Å². The first-order valence-electron chi connectivity index (χ1n) is 8.73. The average molecular weight is 378 g/mol. The van der Waals surface area contributed by atoms with Crippen LogP contribution in [-0.4, -0.2) is 25.8 Å². The maximum absolute atomic E-state index is 12.9. The number of nitrogens with zero attached hydrogens (tertiary/aromatic N) is 1. The van der Waals surface area contributed by atoms with Crippen molar-refractivity contribution in [2.75, 3.05) is 13.1 Å². The van der Waals surface area contributed by atoms with E-state index in [0.717, 1.165) is 30.4 Å². The minimum atomic E-state index is -3.31. The fourth-order valence-corrected chi connectivity index (χ4v) is 5.09. The van der Waals surface area contributed by atoms with Crippen molar-refractivity contribution in [3.05, 3.63) is 70.2 Å². The Morgan fingerprint density at radius 3 is 2.40 bits per heavy atom. The number of benzene rings is 2. The second-order valence-corrected chi connectivity index (χ2v) is 9.25. The van der Waals surface area contributed by atoms with E-state index in [0.29, 0.717) is 18.1 Å². The fraction of sp³-hybridized carbons (Fsp3) is 0.400. The van der Waals surface area contributed by atoms with Gasteiger partial charge in [-0.25, -0.2) is 12.7 Å². The van der Waals surface area contributed by atoms with Crippen LogP contribution in [0, 0.1) is 6.92 Å². The van der Waals surface area contributed by atoms with Gasteiger partial charge in [0.15, 0.2) is 0 Å². The molecule has 1 fully saturated rings. The number of hydrogen-bond donors (Lipinski definition) is 0. The van der Waals surface area contributed by atoms with E-state index in [4.69, 9.17) is 11.6 Å². The molecule has 0 aromatic heterocycles. The molecule has 1 saturated heterocycles. The lowest BCUT2D eigenvalue weighted by Crippen LogP contribution is -2.35. The molecule has 0 saturated carbocycles. The zero-order valence-corrected chi connectivity index (χ0v) is 16.1. The predicted molar refractivity (Wildman–Crippen MR) is 103 cm³/mol. The van der Waals surface area contributed by atoms with E-state index < -0.39 is 10.0 Å². The zero-order valence-electron chi connectivity index (χ0n) is 14.5. The second-order valence-electron chi connectivity index (χ2n) is 6.84. The molecule has 0 bridgehead atoms. The number of aryl methyl sites for hydroxylation is 1. The quantitative estimate of drug-likeness (QED) is 0.771. The monoisotopic (exact) mass is 377 g/mol. The minimum absolute atomic E-state index is 0.0701. The molecule has 25 heavy (non-hydrogen) atoms. The number of rotatable bonds is 4. The topological polar surface area (TPSA) is 37.4 Å². The summed E-state index contributed by atoms with van der Waals surface area (Å²) in [6, 6.07) is 15.5. The van der Waals surface area contributed by atoms with Crippen LogP contribution in [0.15, 0.2) is 48.5 Å². The first-order chi connectivity index (χ1) is 11.9. The lowest BCUT2D eigenvalue weighted by atomic mass is 9.95. The highest BCUT2D eigenvalue weighted by Crippen LogP contribution is 2.29. The van der Waals surface area contributed by atoms with Gasteiger partial charge in [0.2, 0.25) is 10.0 Å². The standard InChI is InChI=1S/C20H24ClNO2S/c1-16-5-7-17(8-6-16)15-25(23,24)22-13-3-2-4-19(14-22)18-9-11-20(21)12-10-18/h5-12,19H,2-4,13-15H2,1H3. The largest absolute Gasteiger partial charge is 0.218 e. The molecule has 0 aliphatic carbocycles. The molecule has 2 aromatic rings. The molecule has 5 heteroatoms. The van der Waals surface area contributed by atoms with Crippen LogP contribution in [0.25, 0.3) is 0 Å². The average Bonchev–Trinajstić information content (AvgIpc) is 2.84. The Kier molecular flexibility index (Phi) is 5.82. The molecule has 1 atom stereocenters. The van der Waals surface area contributed by atoms with Crippen molar-refractivity contribution in [2.24, 2.45) is 0 Å². The SMILES string of the molecule is Cc1ccc(CS(=O)(=O)N2CCCCC(c3ccc(Cl)cc3)C2)cc1. The molecule has 1 aliphatic rings. The number of halogens is 1. The van der Waals surface area contributed by atoms with Gasteiger partial charge in [-0.2, -0.15) is 0 Å². The van der Waals surface area contributed by atoms with Gasteiger partial charge in [-0.05, 0) is 48.9 Å². The van der Waals surface area contributed by atoms with Crippen LogP contribution < -0.4 is 0 Å². The number of hydrogen-bond acceptors (Lipinski definition) is 2. The van der Waals surface area contributed by atoms with Gasteiger partial charge in [-0.1, -0.05) is 60.0 Å². The first-order valence-corrected chi connectivity index (χ1v) is 10.7. The molecule has 0 N–H and O–H groups in total. The van der Waals surface area contributed by atoms with Crippen molar-refractivity contribution in [1.29, 1.82) is 0 Å². The maximum atomic E-state index is 12.9. The van der Waals surface area contributed by atoms with E-state index >= 15 is 0 Å². The summed E-state index contributed by atoms with van der Waals surface area (Å²) in [6.07, 6.45) is 2.97. The second kappa shape index (κ2) is 7.90. The summed E-state index contributed by atoms with van der Waals surface area (Å²) in [7, 11) is -3.31. The van der Waals surface area contributed by atoms with Gasteiger partial charge in [0.05, 0.1) is 5.75 Å². The van der Waals surface area contributed by atoms with Crippen LogP contribution in [0.2, 0.25) is 5.02 Å². The molecule has 2 aromatic carbocycles. The molecule has 3 rings (SSSR count). The molecule has 3 nitrogen and oxygen atoms in total. The molecule has 0 spiro atoms. The van der Waals surface area contributed by atoms with Gasteiger partial charge >= 0.3 is 0 Å². The predicted octanol–water partition coefficient (Wildman–Crippen LogP) is 4.75. The molecule has 1 heterocycles. The summed E-state index contributed by atoms with van der Waals surface area (Å²) < 4.78 is 27.5. The lowest BCUT2D eigenvalue weighted by Gasteiger charge is -2.24. The van der Waals surface area contributed by atoms with Crippen LogP contribution in [0.4, 0.5) is 0 Å². The molecule has 1 aliphatic heterocycles. The summed E-state index contributed by atoms with van der Waals surface area (Å²) in [6.45, 7) is 3.16. The third kappa shape index (κ3) is 4.84. The van der Waals surface area contributed by atoms with Crippen molar-refractivity contribution < 1.29 is 8.42 Å². The van der Waals surface area contributed by atoms with E-state index in [2.05, 4.69) is 0 Å². The number of sulfonamides is 1. The van der Waals surface area contributed by atoms with Crippen LogP contribution in [0.1, 0.15) is 41.9 Å². The molecule has 134 valence electrons. The summed E-state index contributed by atoms with van der Waals surface area (Å²) >= 11 is 5.98. The zero-order chi connectivity index (χ0) is 17.9. The Morgan fingerprint density at radius 2 is 1.72 bits per heavy atom. The fourth-order valence-electron chi connectivity index (χ4n) is 3.35. The van der Waals surface area contributed by atoms with E-state index in [1.165, 1.54) is 5.56 Å². The van der Waals surface area contributed by atoms with E-state index in [-0.39, 0.29) is 11.7 Å². The van der Waals surface area contributed by atoms with Gasteiger partial charge < -0.3 is 0 Å². The Labute approximate surface area is 155 Å².